The predicted molar refractivity (Wildman–Crippen MR) is 82.6 cm³/mol. The third-order valence-electron chi connectivity index (χ3n) is 3.00. The average Bonchev–Trinajstić information content (AvgIpc) is 2.84. The van der Waals surface area contributed by atoms with Crippen molar-refractivity contribution < 1.29 is 19.1 Å². The Bertz CT molecular complexity index is 686. The van der Waals surface area contributed by atoms with Gasteiger partial charge < -0.3 is 19.7 Å². The van der Waals surface area contributed by atoms with E-state index in [4.69, 9.17) is 21.1 Å². The molecule has 0 aliphatic rings. The fourth-order valence-corrected chi connectivity index (χ4v) is 2.08. The van der Waals surface area contributed by atoms with Gasteiger partial charge in [0.15, 0.2) is 5.58 Å². The van der Waals surface area contributed by atoms with E-state index in [0.717, 1.165) is 0 Å². The van der Waals surface area contributed by atoms with Gasteiger partial charge >= 0.3 is 6.09 Å². The van der Waals surface area contributed by atoms with E-state index in [0.29, 0.717) is 41.6 Å². The summed E-state index contributed by atoms with van der Waals surface area (Å²) in [6, 6.07) is 5.44. The lowest BCUT2D eigenvalue weighted by atomic mass is 10.3. The number of amides is 1. The van der Waals surface area contributed by atoms with Gasteiger partial charge in [-0.3, -0.25) is 4.79 Å². The van der Waals surface area contributed by atoms with E-state index in [-0.39, 0.29) is 12.3 Å². The van der Waals surface area contributed by atoms with Crippen LogP contribution in [0.5, 0.6) is 0 Å². The molecule has 1 aromatic heterocycles. The van der Waals surface area contributed by atoms with Crippen molar-refractivity contribution >= 4 is 40.6 Å². The third kappa shape index (κ3) is 4.36. The largest absolute Gasteiger partial charge is 0.465 e. The van der Waals surface area contributed by atoms with Crippen molar-refractivity contribution in [3.63, 3.8) is 0 Å². The summed E-state index contributed by atoms with van der Waals surface area (Å²) in [5.41, 5.74) is 1.19. The summed E-state index contributed by atoms with van der Waals surface area (Å²) in [7, 11) is 0. The SMILES string of the molecule is CC(=O)CCN(CCNC(=O)O)c1nc2cc(Cl)ccc2o1. The second-order valence-electron chi connectivity index (χ2n) is 4.78. The Kier molecular flexibility index (Phi) is 5.21. The summed E-state index contributed by atoms with van der Waals surface area (Å²) in [6.45, 7) is 2.45. The number of aromatic nitrogens is 1. The minimum Gasteiger partial charge on any atom is -0.465 e. The number of rotatable bonds is 7. The predicted octanol–water partition coefficient (Wildman–Crippen LogP) is 2.53. The van der Waals surface area contributed by atoms with E-state index < -0.39 is 6.09 Å². The van der Waals surface area contributed by atoms with Gasteiger partial charge in [-0.2, -0.15) is 4.98 Å². The Hall–Kier alpha value is -2.28. The van der Waals surface area contributed by atoms with E-state index in [1.165, 1.54) is 6.92 Å². The van der Waals surface area contributed by atoms with Gasteiger partial charge in [-0.1, -0.05) is 11.6 Å². The number of nitrogens with zero attached hydrogens (tertiary/aromatic N) is 2. The highest BCUT2D eigenvalue weighted by atomic mass is 35.5. The van der Waals surface area contributed by atoms with Crippen molar-refractivity contribution in [2.75, 3.05) is 24.5 Å². The molecule has 0 saturated heterocycles. The molecule has 0 saturated carbocycles. The van der Waals surface area contributed by atoms with Gasteiger partial charge in [-0.05, 0) is 25.1 Å². The molecule has 1 heterocycles. The average molecular weight is 326 g/mol. The number of hydrogen-bond acceptors (Lipinski definition) is 5. The number of hydrogen-bond donors (Lipinski definition) is 2. The lowest BCUT2D eigenvalue weighted by molar-refractivity contribution is -0.116. The summed E-state index contributed by atoms with van der Waals surface area (Å²) in [4.78, 5) is 27.8. The molecule has 0 unspecified atom stereocenters. The molecule has 0 fully saturated rings. The Morgan fingerprint density at radius 1 is 1.41 bits per heavy atom. The van der Waals surface area contributed by atoms with Crippen LogP contribution >= 0.6 is 11.6 Å². The number of Topliss-reactive ketones (excluding diaryl/α,β-unsaturated/α-hetero) is 1. The van der Waals surface area contributed by atoms with Crippen LogP contribution in [0, 0.1) is 0 Å². The Morgan fingerprint density at radius 2 is 2.18 bits per heavy atom. The fourth-order valence-electron chi connectivity index (χ4n) is 1.92. The molecule has 22 heavy (non-hydrogen) atoms. The monoisotopic (exact) mass is 325 g/mol. The first kappa shape index (κ1) is 16.1. The van der Waals surface area contributed by atoms with E-state index in [2.05, 4.69) is 10.3 Å². The van der Waals surface area contributed by atoms with E-state index >= 15 is 0 Å². The molecular formula is C14H16ClN3O4. The molecule has 2 N–H and O–H groups in total. The van der Waals surface area contributed by atoms with Crippen molar-refractivity contribution in [1.29, 1.82) is 0 Å². The molecule has 1 amide bonds. The molecule has 2 rings (SSSR count). The minimum absolute atomic E-state index is 0.0374. The Morgan fingerprint density at radius 3 is 2.86 bits per heavy atom. The number of oxazole rings is 1. The number of benzene rings is 1. The van der Waals surface area contributed by atoms with Crippen molar-refractivity contribution in [1.82, 2.24) is 10.3 Å². The number of carbonyl (C=O) groups is 2. The number of carbonyl (C=O) groups excluding carboxylic acids is 1. The molecule has 0 atom stereocenters. The van der Waals surface area contributed by atoms with Crippen LogP contribution in [0.4, 0.5) is 10.8 Å². The number of fused-ring (bicyclic) bond motifs is 1. The standard InChI is InChI=1S/C14H16ClN3O4/c1-9(19)4-6-18(7-5-16-14(20)21)13-17-11-8-10(15)2-3-12(11)22-13/h2-3,8,16H,4-7H2,1H3,(H,20,21). The third-order valence-corrected chi connectivity index (χ3v) is 3.24. The topological polar surface area (TPSA) is 95.7 Å². The van der Waals surface area contributed by atoms with Crippen LogP contribution in [0.2, 0.25) is 5.02 Å². The zero-order valence-corrected chi connectivity index (χ0v) is 12.8. The van der Waals surface area contributed by atoms with Crippen molar-refractivity contribution in [2.45, 2.75) is 13.3 Å². The molecule has 0 radical (unpaired) electrons. The summed E-state index contributed by atoms with van der Waals surface area (Å²) in [6.07, 6.45) is -0.775. The van der Waals surface area contributed by atoms with Gasteiger partial charge in [-0.25, -0.2) is 4.79 Å². The zero-order valence-electron chi connectivity index (χ0n) is 12.0. The number of nitrogens with one attached hydrogen (secondary N) is 1. The first-order valence-corrected chi connectivity index (χ1v) is 7.11. The molecule has 7 nitrogen and oxygen atoms in total. The minimum atomic E-state index is -1.10. The van der Waals surface area contributed by atoms with Gasteiger partial charge in [0.2, 0.25) is 0 Å². The van der Waals surface area contributed by atoms with Gasteiger partial charge in [-0.15, -0.1) is 0 Å². The zero-order chi connectivity index (χ0) is 16.1. The fraction of sp³-hybridized carbons (Fsp3) is 0.357. The number of ketones is 1. The van der Waals surface area contributed by atoms with Crippen LogP contribution in [0.3, 0.4) is 0 Å². The van der Waals surface area contributed by atoms with Crippen molar-refractivity contribution in [3.8, 4) is 0 Å². The molecule has 0 aliphatic carbocycles. The molecule has 118 valence electrons. The highest BCUT2D eigenvalue weighted by molar-refractivity contribution is 6.31. The Labute approximate surface area is 131 Å². The van der Waals surface area contributed by atoms with Gasteiger partial charge in [0.05, 0.1) is 0 Å². The molecule has 2 aromatic rings. The van der Waals surface area contributed by atoms with Crippen LogP contribution in [0.25, 0.3) is 11.1 Å². The number of halogens is 1. The maximum Gasteiger partial charge on any atom is 0.404 e. The van der Waals surface area contributed by atoms with Crippen LogP contribution in [0.15, 0.2) is 22.6 Å². The summed E-state index contributed by atoms with van der Waals surface area (Å²) >= 11 is 5.91. The number of carboxylic acid groups (broad SMARTS) is 1. The smallest absolute Gasteiger partial charge is 0.404 e. The van der Waals surface area contributed by atoms with Crippen molar-refractivity contribution in [3.05, 3.63) is 23.2 Å². The van der Waals surface area contributed by atoms with E-state index in [1.807, 2.05) is 0 Å². The summed E-state index contributed by atoms with van der Waals surface area (Å²) < 4.78 is 5.64. The number of anilines is 1. The molecule has 0 spiro atoms. The summed E-state index contributed by atoms with van der Waals surface area (Å²) in [5.74, 6) is 0.0374. The Balaban J connectivity index is 2.16. The van der Waals surface area contributed by atoms with Gasteiger partial charge in [0.1, 0.15) is 11.3 Å². The normalized spacial score (nSPS) is 10.6. The molecule has 0 aliphatic heterocycles. The van der Waals surface area contributed by atoms with Crippen molar-refractivity contribution in [2.24, 2.45) is 0 Å². The van der Waals surface area contributed by atoms with Gasteiger partial charge in [0.25, 0.3) is 6.01 Å². The summed E-state index contributed by atoms with van der Waals surface area (Å²) in [5, 5.41) is 11.4. The molecule has 0 bridgehead atoms. The highest BCUT2D eigenvalue weighted by Crippen LogP contribution is 2.24. The quantitative estimate of drug-likeness (QED) is 0.812. The first-order valence-electron chi connectivity index (χ1n) is 6.73. The van der Waals surface area contributed by atoms with Crippen LogP contribution in [-0.2, 0) is 4.79 Å². The first-order chi connectivity index (χ1) is 10.5. The van der Waals surface area contributed by atoms with E-state index in [1.54, 1.807) is 23.1 Å². The van der Waals surface area contributed by atoms with E-state index in [9.17, 15) is 9.59 Å². The second kappa shape index (κ2) is 7.13. The van der Waals surface area contributed by atoms with Crippen LogP contribution in [-0.4, -0.2) is 41.6 Å². The lowest BCUT2D eigenvalue weighted by Gasteiger charge is -2.19. The maximum absolute atomic E-state index is 11.2. The highest BCUT2D eigenvalue weighted by Gasteiger charge is 2.15. The molecule has 1 aromatic carbocycles. The molecule has 8 heteroatoms. The second-order valence-corrected chi connectivity index (χ2v) is 5.22. The van der Waals surface area contributed by atoms with Gasteiger partial charge in [0, 0.05) is 31.1 Å². The maximum atomic E-state index is 11.2. The van der Waals surface area contributed by atoms with Crippen LogP contribution in [0.1, 0.15) is 13.3 Å². The van der Waals surface area contributed by atoms with Crippen LogP contribution < -0.4 is 10.2 Å². The lowest BCUT2D eigenvalue weighted by Crippen LogP contribution is -2.35. The molecular weight excluding hydrogens is 310 g/mol.